The Morgan fingerprint density at radius 2 is 0.349 bits per heavy atom. The third-order valence-electron chi connectivity index (χ3n) is 24.7. The third kappa shape index (κ3) is 14.2. The molecule has 0 unspecified atom stereocenters. The topological polar surface area (TPSA) is 39.4 Å². The standard InChI is InChI=1S/2C50H30O.C46H28O/c1-2-13-34-30-47-45(28-33(34)12-1)44-29-37(25-26-46(44)51-47)50-42-20-7-5-18-40(42)49(41-19-6-8-21-43(41)50)36-16-9-15-35(27-36)39-22-10-14-32-24-23-31-11-3-4-17-38(31)48(32)39;1-2-13-32-30-48-46(27-31(32)12-1)45-29-36(24-25-47(45)51-48)50-42-22-9-7-20-40(42)49(41-21-8-10-23-43(41)50)35-16-11-15-33(26-35)44-28-34-14-3-4-17-37(34)38-18-5-6-19-39(38)44;1-2-11-30-24-34(21-20-29(30)10-1)31-14-9-15-35(25-31)45-37-16-5-7-18-39(37)46(40-19-8-6-17-38(40)45)36-22-23-43-41(27-36)42-26-32-12-3-4-13-33(32)28-44(42)47-43/h2*1-30H;1-28H/i2*1D,2D,3D,4D,5D,6D,7D,8D,9D,10D,11D,12D,13D,14D,15D,16D,17D,18D,19D,20D,21D,22D,23D,24D,25D,26D,27D,28D,29D,30D;1D,2D,3D,4D,5D,6D,7D,8D,9D,10D,11D,12D,13D,14D,15D,16D,17D,18D,19D,20D,21D,22D,23D,24D,25D,26D,27D,28D. The molecule has 32 aromatic rings. The molecule has 149 heavy (non-hydrogen) atoms. The molecule has 3 heteroatoms. The van der Waals surface area contributed by atoms with Crippen molar-refractivity contribution < 1.29 is 134 Å². The lowest BCUT2D eigenvalue weighted by atomic mass is 9.85. The Bertz CT molecular complexity index is 16400. The molecule has 32 rings (SSSR count). The van der Waals surface area contributed by atoms with Crippen LogP contribution in [-0.4, -0.2) is 0 Å². The molecule has 29 aromatic carbocycles. The van der Waals surface area contributed by atoms with Crippen molar-refractivity contribution in [1.82, 2.24) is 0 Å². The number of hydrogen-bond donors (Lipinski definition) is 0. The molecule has 0 N–H and O–H groups in total. The summed E-state index contributed by atoms with van der Waals surface area (Å²) in [5, 5.41) is -21.7. The maximum absolute atomic E-state index is 10.1. The quantitative estimate of drug-likeness (QED) is 0.107. The molecule has 0 aliphatic rings. The van der Waals surface area contributed by atoms with Crippen LogP contribution in [0.1, 0.15) is 121 Å². The second-order valence-corrected chi connectivity index (χ2v) is 32.8. The largest absolute Gasteiger partial charge is 0.456 e. The number of rotatable bonds is 9. The van der Waals surface area contributed by atoms with E-state index in [1.807, 2.05) is 0 Å². The minimum absolute atomic E-state index is 0.451. The fraction of sp³-hybridized carbons (Fsp3) is 0. The van der Waals surface area contributed by atoms with Crippen molar-refractivity contribution in [1.29, 1.82) is 0 Å². The van der Waals surface area contributed by atoms with Gasteiger partial charge in [-0.25, -0.2) is 0 Å². The van der Waals surface area contributed by atoms with Crippen molar-refractivity contribution in [3.05, 3.63) is 532 Å². The lowest BCUT2D eigenvalue weighted by Gasteiger charge is -2.18. The Hall–Kier alpha value is -19.6. The minimum atomic E-state index is -1.14. The van der Waals surface area contributed by atoms with Gasteiger partial charge in [0.05, 0.1) is 121 Å². The first kappa shape index (κ1) is 35.1. The lowest BCUT2D eigenvalue weighted by molar-refractivity contribution is 0.669. The van der Waals surface area contributed by atoms with Gasteiger partial charge in [0.1, 0.15) is 33.5 Å². The highest BCUT2D eigenvalue weighted by Crippen LogP contribution is 2.53. The van der Waals surface area contributed by atoms with E-state index >= 15 is 0 Å². The average molecular weight is 1980 g/mol. The predicted molar refractivity (Wildman–Crippen MR) is 635 cm³/mol. The van der Waals surface area contributed by atoms with Gasteiger partial charge in [-0.05, 0) is 354 Å². The Balaban J connectivity index is 0.000000145. The Labute approximate surface area is 981 Å². The van der Waals surface area contributed by atoms with Crippen LogP contribution >= 0.6 is 0 Å². The van der Waals surface area contributed by atoms with E-state index in [4.69, 9.17) is 83.2 Å². The van der Waals surface area contributed by atoms with Crippen LogP contribution in [0.3, 0.4) is 0 Å². The van der Waals surface area contributed by atoms with Gasteiger partial charge in [-0.15, -0.1) is 0 Å². The molecule has 3 heterocycles. The summed E-state index contributed by atoms with van der Waals surface area (Å²) in [7, 11) is 0. The van der Waals surface area contributed by atoms with E-state index in [0.717, 1.165) is 0 Å². The highest BCUT2D eigenvalue weighted by atomic mass is 16.3. The third-order valence-corrected chi connectivity index (χ3v) is 24.7. The first-order valence-electron chi connectivity index (χ1n) is 88.2. The molecule has 0 fully saturated rings. The summed E-state index contributed by atoms with van der Waals surface area (Å²) in [5.41, 5.74) is -18.6. The van der Waals surface area contributed by atoms with Gasteiger partial charge in [-0.3, -0.25) is 0 Å². The smallest absolute Gasteiger partial charge is 0.136 e. The van der Waals surface area contributed by atoms with Crippen LogP contribution in [0.25, 0.3) is 317 Å². The van der Waals surface area contributed by atoms with Gasteiger partial charge in [0.15, 0.2) is 0 Å². The van der Waals surface area contributed by atoms with Gasteiger partial charge in [-0.1, -0.05) is 429 Å². The number of furan rings is 3. The van der Waals surface area contributed by atoms with Crippen LogP contribution in [0.2, 0.25) is 0 Å². The molecular formula is C146H88O3. The Morgan fingerprint density at radius 1 is 0.107 bits per heavy atom. The Kier molecular flexibility index (Phi) is 8.17. The summed E-state index contributed by atoms with van der Waals surface area (Å²) in [5.74, 6) is 0. The second-order valence-electron chi connectivity index (χ2n) is 32.8. The van der Waals surface area contributed by atoms with Crippen LogP contribution < -0.4 is 0 Å². The molecule has 0 saturated carbocycles. The normalized spacial score (nSPS) is 20.2. The van der Waals surface area contributed by atoms with Crippen molar-refractivity contribution >= 4 is 217 Å². The molecule has 3 nitrogen and oxygen atoms in total. The van der Waals surface area contributed by atoms with Gasteiger partial charge in [0.2, 0.25) is 0 Å². The minimum Gasteiger partial charge on any atom is -0.456 e. The zero-order valence-corrected chi connectivity index (χ0v) is 74.2. The molecule has 0 radical (unpaired) electrons. The summed E-state index contributed by atoms with van der Waals surface area (Å²) in [4.78, 5) is 0. The SMILES string of the molecule is [2H]c1c([2H])c(-c2c([2H])c([2H])c3c([2H])c([2H])c([2H])c([2H])c3c2[2H])c([2H])c(-c2c3c([2H])c([2H])c([2H])c([2H])c3c(-c3c([2H])c([2H])c4oc5c([2H])c6c([2H])c([2H])c([2H])c([2H])c6c([2H])c5c4c3[2H])c3c([2H])c([2H])c([2H])c([2H])c23)c1[2H].[2H]c1c([2H])c(-c2c3c([2H])c([2H])c([2H])c([2H])c3c(-c3c([2H])c([2H])c4oc5c([2H])c6c([2H])c([2H])c([2H])c([2H])c6c([2H])c5c4c3[2H])c3c([2H])c([2H])c([2H])c([2H])c23)c([2H])c(-c2c([2H])c([2H])c([2H])c3c([2H])c([2H])c4c([2H])c([2H])c([2H])c([2H])c4c23)c1[2H].[2H]c1c([2H])c(-c2c3c([2H])c([2H])c([2H])c([2H])c3c(-c3c([2H])c([2H])c4oc5c([2H])c6c([2H])c([2H])c([2H])c([2H])c6c([2H])c5c4c3[2H])c3c([2H])c([2H])c([2H])c([2H])c23)c([2H])c(-c2c([2H])c3c([2H])c([2H])c([2H])c([2H])c3c3c([2H])c([2H])c([2H])c([2H])c23)c1[2H]. The molecule has 0 amide bonds. The highest BCUT2D eigenvalue weighted by Gasteiger charge is 2.26. The van der Waals surface area contributed by atoms with Gasteiger partial charge >= 0.3 is 0 Å². The van der Waals surface area contributed by atoms with Crippen molar-refractivity contribution in [2.75, 3.05) is 0 Å². The zero-order valence-electron chi connectivity index (χ0n) is 162. The summed E-state index contributed by atoms with van der Waals surface area (Å²) in [6.45, 7) is 0. The highest BCUT2D eigenvalue weighted by molar-refractivity contribution is 6.28. The van der Waals surface area contributed by atoms with Crippen LogP contribution in [-0.2, 0) is 0 Å². The van der Waals surface area contributed by atoms with Crippen LogP contribution in [0.5, 0.6) is 0 Å². The van der Waals surface area contributed by atoms with Crippen molar-refractivity contribution in [2.24, 2.45) is 0 Å². The first-order valence-corrected chi connectivity index (χ1v) is 44.2. The summed E-state index contributed by atoms with van der Waals surface area (Å²) in [6, 6.07) is -82.3. The maximum atomic E-state index is 10.1. The predicted octanol–water partition coefficient (Wildman–Crippen LogP) is 41.9. The lowest BCUT2D eigenvalue weighted by Crippen LogP contribution is -1.91. The fourth-order valence-corrected chi connectivity index (χ4v) is 18.3. The van der Waals surface area contributed by atoms with Gasteiger partial charge in [-0.2, -0.15) is 0 Å². The molecule has 0 spiro atoms. The summed E-state index contributed by atoms with van der Waals surface area (Å²) >= 11 is 0. The first-order chi connectivity index (χ1) is 111. The van der Waals surface area contributed by atoms with E-state index in [2.05, 4.69) is 0 Å². The van der Waals surface area contributed by atoms with Crippen molar-refractivity contribution in [3.8, 4) is 100 Å². The fourth-order valence-electron chi connectivity index (χ4n) is 18.3. The second kappa shape index (κ2) is 34.6. The van der Waals surface area contributed by atoms with Crippen LogP contribution in [0.15, 0.2) is 545 Å². The molecule has 0 aliphatic carbocycles. The number of fused-ring (bicyclic) bond motifs is 25. The molecule has 0 bridgehead atoms. The molecular weight excluding hydrogens is 1800 g/mol. The van der Waals surface area contributed by atoms with Gasteiger partial charge in [0, 0.05) is 32.3 Å². The maximum Gasteiger partial charge on any atom is 0.136 e. The van der Waals surface area contributed by atoms with E-state index in [9.17, 15) is 50.7 Å². The van der Waals surface area contributed by atoms with E-state index in [1.54, 1.807) is 0 Å². The molecule has 3 aromatic heterocycles. The van der Waals surface area contributed by atoms with Gasteiger partial charge in [0.25, 0.3) is 0 Å². The average Bonchev–Trinajstić information content (AvgIpc) is 1.68. The molecule has 0 saturated heterocycles. The van der Waals surface area contributed by atoms with Crippen LogP contribution in [0.4, 0.5) is 0 Å². The zero-order chi connectivity index (χ0) is 174. The van der Waals surface area contributed by atoms with Gasteiger partial charge < -0.3 is 13.3 Å². The van der Waals surface area contributed by atoms with E-state index in [0.29, 0.717) is 0 Å². The molecule has 0 atom stereocenters. The molecule has 690 valence electrons. The van der Waals surface area contributed by atoms with E-state index in [-0.39, 0.29) is 0 Å². The Morgan fingerprint density at radius 3 is 0.738 bits per heavy atom. The summed E-state index contributed by atoms with van der Waals surface area (Å²) < 4.78 is 816. The van der Waals surface area contributed by atoms with Crippen LogP contribution in [0, 0.1) is 0 Å². The number of benzene rings is 29. The van der Waals surface area contributed by atoms with E-state index < -0.39 is 849 Å². The molecule has 0 aliphatic heterocycles. The van der Waals surface area contributed by atoms with Crippen molar-refractivity contribution in [2.45, 2.75) is 0 Å². The van der Waals surface area contributed by atoms with Crippen molar-refractivity contribution in [3.63, 3.8) is 0 Å². The van der Waals surface area contributed by atoms with E-state index in [1.165, 1.54) is 0 Å². The monoisotopic (exact) mass is 1980 g/mol. The number of hydrogen-bond acceptors (Lipinski definition) is 3. The summed E-state index contributed by atoms with van der Waals surface area (Å²) in [6.07, 6.45) is 0.